The minimum Gasteiger partial charge on any atom is -0.348 e. The highest BCUT2D eigenvalue weighted by Crippen LogP contribution is 2.31. The molecule has 2 aliphatic heterocycles. The summed E-state index contributed by atoms with van der Waals surface area (Å²) in [5, 5.41) is 5.96. The molecule has 0 saturated carbocycles. The summed E-state index contributed by atoms with van der Waals surface area (Å²) in [6.07, 6.45) is 7.62. The number of benzene rings is 1. The third-order valence-corrected chi connectivity index (χ3v) is 8.57. The molecule has 0 atom stereocenters. The van der Waals surface area contributed by atoms with E-state index in [9.17, 15) is 22.8 Å². The Kier molecular flexibility index (Phi) is 8.38. The molecule has 1 aromatic heterocycles. The molecule has 37 heavy (non-hydrogen) atoms. The van der Waals surface area contributed by atoms with E-state index in [1.54, 1.807) is 41.4 Å². The Labute approximate surface area is 221 Å². The predicted molar refractivity (Wildman–Crippen MR) is 143 cm³/mol. The molecule has 0 aliphatic carbocycles. The first-order valence-electron chi connectivity index (χ1n) is 12.2. The number of sulfonamides is 1. The third-order valence-electron chi connectivity index (χ3n) is 6.67. The molecular weight excluding hydrogens is 514 g/mol. The topological polar surface area (TPSA) is 129 Å². The van der Waals surface area contributed by atoms with E-state index in [2.05, 4.69) is 15.6 Å². The molecular formula is C25H31N5O5S2. The lowest BCUT2D eigenvalue weighted by molar-refractivity contribution is -0.136. The van der Waals surface area contributed by atoms with E-state index in [0.29, 0.717) is 61.0 Å². The van der Waals surface area contributed by atoms with Crippen LogP contribution in [-0.2, 0) is 26.0 Å². The first-order valence-corrected chi connectivity index (χ1v) is 15.2. The molecule has 1 saturated heterocycles. The molecule has 3 amide bonds. The lowest BCUT2D eigenvalue weighted by Crippen LogP contribution is -2.43. The van der Waals surface area contributed by atoms with E-state index in [-0.39, 0.29) is 11.8 Å². The zero-order chi connectivity index (χ0) is 26.6. The zero-order valence-corrected chi connectivity index (χ0v) is 22.5. The van der Waals surface area contributed by atoms with Crippen LogP contribution in [0.4, 0.5) is 11.4 Å². The fourth-order valence-electron chi connectivity index (χ4n) is 4.70. The third kappa shape index (κ3) is 6.42. The van der Waals surface area contributed by atoms with Crippen LogP contribution in [0.15, 0.2) is 41.6 Å². The molecule has 4 rings (SSSR count). The zero-order valence-electron chi connectivity index (χ0n) is 20.9. The van der Waals surface area contributed by atoms with Crippen LogP contribution in [0.1, 0.15) is 35.2 Å². The van der Waals surface area contributed by atoms with Crippen LogP contribution < -0.4 is 14.9 Å². The van der Waals surface area contributed by atoms with Gasteiger partial charge in [0, 0.05) is 38.1 Å². The van der Waals surface area contributed by atoms with Crippen molar-refractivity contribution in [3.63, 3.8) is 0 Å². The Balaban J connectivity index is 1.27. The van der Waals surface area contributed by atoms with Crippen LogP contribution in [0, 0.1) is 5.92 Å². The maximum atomic E-state index is 12.9. The molecule has 2 aliphatic rings. The number of piperidine rings is 1. The minimum absolute atomic E-state index is 0.0428. The fourth-order valence-corrected chi connectivity index (χ4v) is 6.22. The molecule has 0 radical (unpaired) electrons. The van der Waals surface area contributed by atoms with Gasteiger partial charge in [-0.25, -0.2) is 13.4 Å². The highest BCUT2D eigenvalue weighted by molar-refractivity contribution is 7.98. The van der Waals surface area contributed by atoms with Gasteiger partial charge in [0.2, 0.25) is 10.0 Å². The summed E-state index contributed by atoms with van der Waals surface area (Å²) in [5.74, 6) is -1.45. The molecule has 2 aromatic rings. The Morgan fingerprint density at radius 3 is 2.57 bits per heavy atom. The minimum atomic E-state index is -3.44. The summed E-state index contributed by atoms with van der Waals surface area (Å²) in [6, 6.07) is 8.59. The molecule has 12 heteroatoms. The average molecular weight is 546 g/mol. The van der Waals surface area contributed by atoms with Crippen molar-refractivity contribution in [2.45, 2.75) is 30.7 Å². The van der Waals surface area contributed by atoms with Gasteiger partial charge in [0.15, 0.2) is 0 Å². The molecule has 2 N–H and O–H groups in total. The van der Waals surface area contributed by atoms with Gasteiger partial charge in [-0.1, -0.05) is 6.07 Å². The molecule has 0 bridgehead atoms. The number of pyridine rings is 1. The maximum absolute atomic E-state index is 12.9. The molecule has 0 spiro atoms. The number of anilines is 2. The summed E-state index contributed by atoms with van der Waals surface area (Å²) in [6.45, 7) is 1.86. The van der Waals surface area contributed by atoms with Crippen molar-refractivity contribution < 1.29 is 22.8 Å². The second-order valence-corrected chi connectivity index (χ2v) is 11.9. The molecule has 10 nitrogen and oxygen atoms in total. The second-order valence-electron chi connectivity index (χ2n) is 9.24. The first-order chi connectivity index (χ1) is 17.7. The summed E-state index contributed by atoms with van der Waals surface area (Å²) in [5.41, 5.74) is 2.38. The largest absolute Gasteiger partial charge is 0.348 e. The van der Waals surface area contributed by atoms with Gasteiger partial charge in [-0.3, -0.25) is 18.7 Å². The standard InChI is InChI=1S/C25H31N5O5S2/c1-36-24-20(6-3-11-26-24)25(33)29-13-9-17(10-14-29)16-27-22(31)23(32)28-19-8-7-18-5-4-12-30(21(18)15-19)37(2,34)35/h3,6-8,11,15,17H,4-5,9-10,12-14,16H2,1-2H3,(H,27,31)(H,28,32). The van der Waals surface area contributed by atoms with Gasteiger partial charge in [0.05, 0.1) is 17.5 Å². The summed E-state index contributed by atoms with van der Waals surface area (Å²) >= 11 is 1.44. The number of likely N-dealkylation sites (tertiary alicyclic amines) is 1. The molecule has 3 heterocycles. The van der Waals surface area contributed by atoms with Gasteiger partial charge in [-0.15, -0.1) is 11.8 Å². The van der Waals surface area contributed by atoms with Crippen molar-refractivity contribution in [1.82, 2.24) is 15.2 Å². The molecule has 0 unspecified atom stereocenters. The lowest BCUT2D eigenvalue weighted by Gasteiger charge is -2.32. The number of nitrogens with one attached hydrogen (secondary N) is 2. The van der Waals surface area contributed by atoms with Gasteiger partial charge in [0.1, 0.15) is 5.03 Å². The first kappa shape index (κ1) is 26.9. The number of thioether (sulfide) groups is 1. The molecule has 198 valence electrons. The van der Waals surface area contributed by atoms with E-state index < -0.39 is 21.8 Å². The number of aromatic nitrogens is 1. The summed E-state index contributed by atoms with van der Waals surface area (Å²) < 4.78 is 25.6. The highest BCUT2D eigenvalue weighted by Gasteiger charge is 2.27. The number of fused-ring (bicyclic) bond motifs is 1. The summed E-state index contributed by atoms with van der Waals surface area (Å²) in [7, 11) is -3.44. The molecule has 1 fully saturated rings. The lowest BCUT2D eigenvalue weighted by atomic mass is 9.96. The summed E-state index contributed by atoms with van der Waals surface area (Å²) in [4.78, 5) is 43.9. The van der Waals surface area contributed by atoms with Gasteiger partial charge in [0.25, 0.3) is 5.91 Å². The van der Waals surface area contributed by atoms with Crippen LogP contribution >= 0.6 is 11.8 Å². The van der Waals surface area contributed by atoms with Gasteiger partial charge in [-0.2, -0.15) is 0 Å². The van der Waals surface area contributed by atoms with Crippen molar-refractivity contribution in [2.75, 3.05) is 48.3 Å². The van der Waals surface area contributed by atoms with Crippen LogP contribution in [-0.4, -0.2) is 74.7 Å². The Morgan fingerprint density at radius 2 is 1.86 bits per heavy atom. The quantitative estimate of drug-likeness (QED) is 0.420. The van der Waals surface area contributed by atoms with Crippen LogP contribution in [0.3, 0.4) is 0 Å². The van der Waals surface area contributed by atoms with E-state index in [4.69, 9.17) is 0 Å². The van der Waals surface area contributed by atoms with Gasteiger partial charge >= 0.3 is 11.8 Å². The van der Waals surface area contributed by atoms with Crippen molar-refractivity contribution in [1.29, 1.82) is 0 Å². The molecule has 1 aromatic carbocycles. The Bertz CT molecular complexity index is 1290. The number of nitrogens with zero attached hydrogens (tertiary/aromatic N) is 3. The van der Waals surface area contributed by atoms with Crippen LogP contribution in [0.25, 0.3) is 0 Å². The number of amides is 3. The average Bonchev–Trinajstić information content (AvgIpc) is 2.90. The van der Waals surface area contributed by atoms with Crippen molar-refractivity contribution in [3.05, 3.63) is 47.7 Å². The smallest absolute Gasteiger partial charge is 0.313 e. The van der Waals surface area contributed by atoms with Crippen molar-refractivity contribution in [3.8, 4) is 0 Å². The fraction of sp³-hybridized carbons (Fsp3) is 0.440. The number of hydrogen-bond donors (Lipinski definition) is 2. The normalized spacial score (nSPS) is 16.2. The Morgan fingerprint density at radius 1 is 1.11 bits per heavy atom. The van der Waals surface area contributed by atoms with Crippen LogP contribution in [0.2, 0.25) is 0 Å². The number of carbonyl (C=O) groups is 3. The van der Waals surface area contributed by atoms with Crippen molar-refractivity contribution >= 4 is 50.9 Å². The van der Waals surface area contributed by atoms with Gasteiger partial charge < -0.3 is 15.5 Å². The monoisotopic (exact) mass is 545 g/mol. The van der Waals surface area contributed by atoms with Crippen molar-refractivity contribution in [2.24, 2.45) is 5.92 Å². The second kappa shape index (κ2) is 11.5. The number of rotatable bonds is 6. The van der Waals surface area contributed by atoms with E-state index in [1.165, 1.54) is 16.1 Å². The predicted octanol–water partition coefficient (Wildman–Crippen LogP) is 2.12. The van der Waals surface area contributed by atoms with Crippen LogP contribution in [0.5, 0.6) is 0 Å². The Hall–Kier alpha value is -3.12. The van der Waals surface area contributed by atoms with E-state index >= 15 is 0 Å². The van der Waals surface area contributed by atoms with E-state index in [1.807, 2.05) is 6.26 Å². The maximum Gasteiger partial charge on any atom is 0.313 e. The van der Waals surface area contributed by atoms with Gasteiger partial charge in [-0.05, 0) is 67.7 Å². The number of hydrogen-bond acceptors (Lipinski definition) is 7. The number of aryl methyl sites for hydroxylation is 1. The number of carbonyl (C=O) groups excluding carboxylic acids is 3. The van der Waals surface area contributed by atoms with E-state index in [0.717, 1.165) is 24.7 Å². The highest BCUT2D eigenvalue weighted by atomic mass is 32.2. The SMILES string of the molecule is CSc1ncccc1C(=O)N1CCC(CNC(=O)C(=O)Nc2ccc3c(c2)N(S(C)(=O)=O)CCC3)CC1.